The Morgan fingerprint density at radius 1 is 1.30 bits per heavy atom. The molecule has 0 saturated heterocycles. The number of benzene rings is 1. The van der Waals surface area contributed by atoms with E-state index in [4.69, 9.17) is 0 Å². The van der Waals surface area contributed by atoms with Gasteiger partial charge in [-0.2, -0.15) is 5.10 Å². The van der Waals surface area contributed by atoms with Crippen LogP contribution in [-0.2, 0) is 27.6 Å². The van der Waals surface area contributed by atoms with E-state index < -0.39 is 9.84 Å². The van der Waals surface area contributed by atoms with E-state index in [9.17, 15) is 13.2 Å². The Bertz CT molecular complexity index is 781. The van der Waals surface area contributed by atoms with Gasteiger partial charge in [0, 0.05) is 11.9 Å². The first-order valence-corrected chi connectivity index (χ1v) is 9.29. The van der Waals surface area contributed by atoms with Gasteiger partial charge in [0.15, 0.2) is 9.84 Å². The number of aryl methyl sites for hydroxylation is 2. The summed E-state index contributed by atoms with van der Waals surface area (Å²) in [4.78, 5) is 12.1. The van der Waals surface area contributed by atoms with Gasteiger partial charge in [-0.25, -0.2) is 8.42 Å². The van der Waals surface area contributed by atoms with Gasteiger partial charge >= 0.3 is 0 Å². The van der Waals surface area contributed by atoms with Crippen LogP contribution in [0, 0.1) is 6.92 Å². The average Bonchev–Trinajstić information content (AvgIpc) is 2.95. The fourth-order valence-electron chi connectivity index (χ4n) is 2.11. The van der Waals surface area contributed by atoms with Crippen LogP contribution in [0.15, 0.2) is 36.7 Å². The molecule has 0 spiro atoms. The van der Waals surface area contributed by atoms with Gasteiger partial charge in [-0.05, 0) is 18.1 Å². The average molecular weight is 335 g/mol. The molecule has 1 N–H and O–H groups in total. The van der Waals surface area contributed by atoms with E-state index in [1.807, 2.05) is 31.2 Å². The third kappa shape index (κ3) is 5.21. The molecule has 23 heavy (non-hydrogen) atoms. The molecule has 1 aromatic carbocycles. The summed E-state index contributed by atoms with van der Waals surface area (Å²) >= 11 is 0. The van der Waals surface area contributed by atoms with Crippen LogP contribution < -0.4 is 5.32 Å². The Kier molecular flexibility index (Phi) is 5.54. The summed E-state index contributed by atoms with van der Waals surface area (Å²) in [5.41, 5.74) is 2.62. The van der Waals surface area contributed by atoms with Crippen LogP contribution in [-0.4, -0.2) is 35.6 Å². The smallest absolute Gasteiger partial charge is 0.228 e. The van der Waals surface area contributed by atoms with Crippen LogP contribution in [0.1, 0.15) is 18.1 Å². The first kappa shape index (κ1) is 17.2. The molecule has 124 valence electrons. The zero-order valence-electron chi connectivity index (χ0n) is 13.3. The first-order chi connectivity index (χ1) is 10.9. The lowest BCUT2D eigenvalue weighted by Crippen LogP contribution is -2.15. The second-order valence-corrected chi connectivity index (χ2v) is 7.85. The Labute approximate surface area is 136 Å². The van der Waals surface area contributed by atoms with Crippen molar-refractivity contribution in [2.75, 3.05) is 16.8 Å². The number of nitrogens with zero attached hydrogens (tertiary/aromatic N) is 2. The number of hydrogen-bond acceptors (Lipinski definition) is 4. The highest BCUT2D eigenvalue weighted by Gasteiger charge is 2.10. The second kappa shape index (κ2) is 7.41. The molecule has 0 aliphatic carbocycles. The van der Waals surface area contributed by atoms with Crippen LogP contribution in [0.3, 0.4) is 0 Å². The van der Waals surface area contributed by atoms with E-state index in [-0.39, 0.29) is 24.0 Å². The van der Waals surface area contributed by atoms with Crippen molar-refractivity contribution in [1.82, 2.24) is 9.78 Å². The highest BCUT2D eigenvalue weighted by molar-refractivity contribution is 7.91. The molecule has 7 heteroatoms. The number of sulfone groups is 1. The number of anilines is 1. The minimum Gasteiger partial charge on any atom is -0.323 e. The van der Waals surface area contributed by atoms with Gasteiger partial charge in [-0.1, -0.05) is 31.2 Å². The molecule has 0 atom stereocenters. The van der Waals surface area contributed by atoms with Gasteiger partial charge in [0.1, 0.15) is 0 Å². The van der Waals surface area contributed by atoms with Gasteiger partial charge in [0.25, 0.3) is 0 Å². The molecule has 0 aliphatic rings. The van der Waals surface area contributed by atoms with Gasteiger partial charge in [0.2, 0.25) is 5.91 Å². The van der Waals surface area contributed by atoms with Crippen molar-refractivity contribution in [1.29, 1.82) is 0 Å². The molecular formula is C16H21N3O3S. The van der Waals surface area contributed by atoms with Crippen molar-refractivity contribution in [3.05, 3.63) is 47.8 Å². The fourth-order valence-corrected chi connectivity index (χ4v) is 2.87. The summed E-state index contributed by atoms with van der Waals surface area (Å²) in [7, 11) is -3.03. The standard InChI is InChI=1S/C16H21N3O3S/c1-3-23(21,22)9-8-19-12-15(11-17-19)18-16(20)10-14-7-5-4-6-13(14)2/h4-7,11-12H,3,8-10H2,1-2H3,(H,18,20). The van der Waals surface area contributed by atoms with Gasteiger partial charge in [0.05, 0.1) is 30.6 Å². The quantitative estimate of drug-likeness (QED) is 0.837. The first-order valence-electron chi connectivity index (χ1n) is 7.47. The fraction of sp³-hybridized carbons (Fsp3) is 0.375. The highest BCUT2D eigenvalue weighted by atomic mass is 32.2. The topological polar surface area (TPSA) is 81.1 Å². The minimum absolute atomic E-state index is 0.0434. The molecule has 0 radical (unpaired) electrons. The van der Waals surface area contributed by atoms with E-state index >= 15 is 0 Å². The molecule has 0 bridgehead atoms. The molecule has 2 aromatic rings. The summed E-state index contributed by atoms with van der Waals surface area (Å²) in [6.07, 6.45) is 3.46. The number of amides is 1. The molecule has 1 aromatic heterocycles. The van der Waals surface area contributed by atoms with E-state index in [0.717, 1.165) is 11.1 Å². The lowest BCUT2D eigenvalue weighted by atomic mass is 10.1. The van der Waals surface area contributed by atoms with Crippen LogP contribution in [0.2, 0.25) is 0 Å². The number of carbonyl (C=O) groups excluding carboxylic acids is 1. The molecule has 0 saturated carbocycles. The van der Waals surface area contributed by atoms with E-state index in [2.05, 4.69) is 10.4 Å². The maximum Gasteiger partial charge on any atom is 0.228 e. The Hall–Kier alpha value is -2.15. The Balaban J connectivity index is 1.91. The van der Waals surface area contributed by atoms with Crippen LogP contribution in [0.4, 0.5) is 5.69 Å². The van der Waals surface area contributed by atoms with Crippen LogP contribution in [0.5, 0.6) is 0 Å². The molecule has 2 rings (SSSR count). The molecular weight excluding hydrogens is 314 g/mol. The number of carbonyl (C=O) groups is 1. The lowest BCUT2D eigenvalue weighted by molar-refractivity contribution is -0.115. The Morgan fingerprint density at radius 2 is 2.04 bits per heavy atom. The van der Waals surface area contributed by atoms with Crippen molar-refractivity contribution in [3.8, 4) is 0 Å². The monoisotopic (exact) mass is 335 g/mol. The summed E-state index contributed by atoms with van der Waals surface area (Å²) < 4.78 is 24.5. The number of hydrogen-bond donors (Lipinski definition) is 1. The van der Waals surface area contributed by atoms with Crippen molar-refractivity contribution < 1.29 is 13.2 Å². The SMILES string of the molecule is CCS(=O)(=O)CCn1cc(NC(=O)Cc2ccccc2C)cn1. The largest absolute Gasteiger partial charge is 0.323 e. The van der Waals surface area contributed by atoms with Gasteiger partial charge < -0.3 is 5.32 Å². The molecule has 0 fully saturated rings. The number of rotatable bonds is 7. The van der Waals surface area contributed by atoms with Crippen LogP contribution >= 0.6 is 0 Å². The predicted molar refractivity (Wildman–Crippen MR) is 90.1 cm³/mol. The molecule has 1 amide bonds. The van der Waals surface area contributed by atoms with Crippen molar-refractivity contribution >= 4 is 21.4 Å². The van der Waals surface area contributed by atoms with Gasteiger partial charge in [-0.3, -0.25) is 9.48 Å². The predicted octanol–water partition coefficient (Wildman–Crippen LogP) is 1.81. The molecule has 1 heterocycles. The van der Waals surface area contributed by atoms with Crippen molar-refractivity contribution in [2.24, 2.45) is 0 Å². The number of aromatic nitrogens is 2. The zero-order chi connectivity index (χ0) is 16.9. The zero-order valence-corrected chi connectivity index (χ0v) is 14.1. The normalized spacial score (nSPS) is 11.4. The summed E-state index contributed by atoms with van der Waals surface area (Å²) in [6, 6.07) is 7.73. The molecule has 0 aliphatic heterocycles. The lowest BCUT2D eigenvalue weighted by Gasteiger charge is -2.05. The maximum absolute atomic E-state index is 12.1. The molecule has 6 nitrogen and oxygen atoms in total. The minimum atomic E-state index is -3.03. The van der Waals surface area contributed by atoms with Crippen molar-refractivity contribution in [2.45, 2.75) is 26.8 Å². The highest BCUT2D eigenvalue weighted by Crippen LogP contribution is 2.10. The van der Waals surface area contributed by atoms with Gasteiger partial charge in [-0.15, -0.1) is 0 Å². The third-order valence-electron chi connectivity index (χ3n) is 3.60. The van der Waals surface area contributed by atoms with Crippen molar-refractivity contribution in [3.63, 3.8) is 0 Å². The molecule has 0 unspecified atom stereocenters. The van der Waals surface area contributed by atoms with E-state index in [1.165, 1.54) is 10.9 Å². The van der Waals surface area contributed by atoms with E-state index in [0.29, 0.717) is 12.1 Å². The maximum atomic E-state index is 12.1. The van der Waals surface area contributed by atoms with Crippen LogP contribution in [0.25, 0.3) is 0 Å². The van der Waals surface area contributed by atoms with E-state index in [1.54, 1.807) is 13.1 Å². The second-order valence-electron chi connectivity index (χ2n) is 5.38. The summed E-state index contributed by atoms with van der Waals surface area (Å²) in [5.74, 6) is 0.0378. The third-order valence-corrected chi connectivity index (χ3v) is 5.28. The summed E-state index contributed by atoms with van der Waals surface area (Å²) in [5, 5.41) is 6.85. The summed E-state index contributed by atoms with van der Waals surface area (Å²) in [6.45, 7) is 3.87. The number of nitrogens with one attached hydrogen (secondary N) is 1. The Morgan fingerprint density at radius 3 is 2.74 bits per heavy atom.